The minimum absolute atomic E-state index is 0.0565. The van der Waals surface area contributed by atoms with Gasteiger partial charge in [-0.15, -0.1) is 0 Å². The van der Waals surface area contributed by atoms with Gasteiger partial charge < -0.3 is 20.5 Å². The summed E-state index contributed by atoms with van der Waals surface area (Å²) in [5, 5.41) is 15.3. The first kappa shape index (κ1) is 15.6. The summed E-state index contributed by atoms with van der Waals surface area (Å²) in [7, 11) is 1.67. The van der Waals surface area contributed by atoms with Gasteiger partial charge in [0, 0.05) is 30.6 Å². The molecular weight excluding hydrogens is 292 g/mol. The van der Waals surface area contributed by atoms with E-state index >= 15 is 0 Å². The zero-order valence-corrected chi connectivity index (χ0v) is 13.2. The number of hydrogen-bond acceptors (Lipinski definition) is 6. The topological polar surface area (TPSA) is 79.3 Å². The molecule has 1 aromatic heterocycles. The van der Waals surface area contributed by atoms with Crippen LogP contribution in [-0.2, 0) is 6.54 Å². The first-order valence-corrected chi connectivity index (χ1v) is 7.89. The number of para-hydroxylation sites is 1. The number of aliphatic hydroxyl groups excluding tert-OH is 1. The summed E-state index contributed by atoms with van der Waals surface area (Å²) in [6.45, 7) is 1.13. The lowest BCUT2D eigenvalue weighted by Gasteiger charge is -2.12. The van der Waals surface area contributed by atoms with E-state index in [2.05, 4.69) is 20.6 Å². The smallest absolute Gasteiger partial charge is 0.224 e. The standard InChI is InChI=1S/C17H22N4O2/c1-23-15-5-3-2-4-13(15)11-19-16-10-14(12-6-7-12)20-17(21-16)18-8-9-22/h2-5,10,12,22H,6-9,11H2,1H3,(H2,18,19,20,21). The van der Waals surface area contributed by atoms with E-state index in [1.54, 1.807) is 7.11 Å². The van der Waals surface area contributed by atoms with Crippen LogP contribution in [0.2, 0.25) is 0 Å². The number of ether oxygens (including phenoxy) is 1. The molecule has 1 aliphatic rings. The predicted molar refractivity (Wildman–Crippen MR) is 89.9 cm³/mol. The fourth-order valence-corrected chi connectivity index (χ4v) is 2.43. The van der Waals surface area contributed by atoms with Crippen molar-refractivity contribution in [3.8, 4) is 5.75 Å². The molecule has 0 saturated heterocycles. The first-order chi connectivity index (χ1) is 11.3. The molecule has 0 unspecified atom stereocenters. The van der Waals surface area contributed by atoms with Crippen LogP contribution in [0.25, 0.3) is 0 Å². The minimum Gasteiger partial charge on any atom is -0.496 e. The number of anilines is 2. The number of hydrogen-bond donors (Lipinski definition) is 3. The molecule has 6 heteroatoms. The van der Waals surface area contributed by atoms with Crippen LogP contribution >= 0.6 is 0 Å². The van der Waals surface area contributed by atoms with Gasteiger partial charge >= 0.3 is 0 Å². The SMILES string of the molecule is COc1ccccc1CNc1cc(C2CC2)nc(NCCO)n1. The summed E-state index contributed by atoms with van der Waals surface area (Å²) in [5.74, 6) is 2.74. The van der Waals surface area contributed by atoms with Crippen LogP contribution in [0.4, 0.5) is 11.8 Å². The van der Waals surface area contributed by atoms with Crippen molar-refractivity contribution in [2.24, 2.45) is 0 Å². The molecule has 6 nitrogen and oxygen atoms in total. The molecule has 1 aromatic carbocycles. The quantitative estimate of drug-likeness (QED) is 0.694. The van der Waals surface area contributed by atoms with Crippen LogP contribution in [-0.4, -0.2) is 35.3 Å². The van der Waals surface area contributed by atoms with E-state index in [9.17, 15) is 0 Å². The molecule has 1 fully saturated rings. The summed E-state index contributed by atoms with van der Waals surface area (Å²) in [6.07, 6.45) is 2.37. The van der Waals surface area contributed by atoms with E-state index in [1.807, 2.05) is 30.3 Å². The molecule has 23 heavy (non-hydrogen) atoms. The summed E-state index contributed by atoms with van der Waals surface area (Å²) in [6, 6.07) is 9.93. The van der Waals surface area contributed by atoms with Crippen LogP contribution in [0.15, 0.2) is 30.3 Å². The van der Waals surface area contributed by atoms with Crippen molar-refractivity contribution in [2.75, 3.05) is 30.9 Å². The Kier molecular flexibility index (Phi) is 4.92. The van der Waals surface area contributed by atoms with Crippen molar-refractivity contribution in [1.29, 1.82) is 0 Å². The van der Waals surface area contributed by atoms with Gasteiger partial charge in [0.15, 0.2) is 0 Å². The highest BCUT2D eigenvalue weighted by Crippen LogP contribution is 2.39. The molecular formula is C17H22N4O2. The minimum atomic E-state index is 0.0565. The monoisotopic (exact) mass is 314 g/mol. The maximum atomic E-state index is 8.95. The average molecular weight is 314 g/mol. The predicted octanol–water partition coefficient (Wildman–Crippen LogP) is 2.38. The van der Waals surface area contributed by atoms with Gasteiger partial charge in [0.25, 0.3) is 0 Å². The number of methoxy groups -OCH3 is 1. The fourth-order valence-electron chi connectivity index (χ4n) is 2.43. The molecule has 0 radical (unpaired) electrons. The third-order valence-corrected chi connectivity index (χ3v) is 3.79. The van der Waals surface area contributed by atoms with Crippen molar-refractivity contribution >= 4 is 11.8 Å². The van der Waals surface area contributed by atoms with Crippen LogP contribution in [0.3, 0.4) is 0 Å². The molecule has 3 N–H and O–H groups in total. The lowest BCUT2D eigenvalue weighted by Crippen LogP contribution is -2.11. The van der Waals surface area contributed by atoms with Gasteiger partial charge in [-0.05, 0) is 18.9 Å². The Labute approximate surface area is 135 Å². The number of nitrogens with one attached hydrogen (secondary N) is 2. The molecule has 122 valence electrons. The van der Waals surface area contributed by atoms with Crippen molar-refractivity contribution in [2.45, 2.75) is 25.3 Å². The van der Waals surface area contributed by atoms with Crippen LogP contribution in [0.1, 0.15) is 30.0 Å². The molecule has 2 aromatic rings. The van der Waals surface area contributed by atoms with E-state index in [0.29, 0.717) is 25.0 Å². The Hall–Kier alpha value is -2.34. The Bertz CT molecular complexity index is 659. The fraction of sp³-hybridized carbons (Fsp3) is 0.412. The van der Waals surface area contributed by atoms with E-state index < -0.39 is 0 Å². The molecule has 0 bridgehead atoms. The van der Waals surface area contributed by atoms with Crippen molar-refractivity contribution in [1.82, 2.24) is 9.97 Å². The molecule has 0 aliphatic heterocycles. The summed E-state index contributed by atoms with van der Waals surface area (Å²) >= 11 is 0. The number of aromatic nitrogens is 2. The molecule has 1 heterocycles. The Morgan fingerprint density at radius 3 is 2.78 bits per heavy atom. The highest BCUT2D eigenvalue weighted by molar-refractivity contribution is 5.45. The van der Waals surface area contributed by atoms with E-state index in [-0.39, 0.29) is 6.61 Å². The zero-order chi connectivity index (χ0) is 16.1. The van der Waals surface area contributed by atoms with E-state index in [1.165, 1.54) is 12.8 Å². The molecule has 3 rings (SSSR count). The third kappa shape index (κ3) is 4.10. The average Bonchev–Trinajstić information content (AvgIpc) is 3.43. The lowest BCUT2D eigenvalue weighted by atomic mass is 10.2. The highest BCUT2D eigenvalue weighted by atomic mass is 16.5. The number of aliphatic hydroxyl groups is 1. The normalized spacial score (nSPS) is 13.7. The second-order valence-corrected chi connectivity index (χ2v) is 5.59. The van der Waals surface area contributed by atoms with Gasteiger partial charge in [-0.3, -0.25) is 0 Å². The number of benzene rings is 1. The Balaban J connectivity index is 1.74. The maximum absolute atomic E-state index is 8.95. The summed E-state index contributed by atoms with van der Waals surface area (Å²) in [5.41, 5.74) is 2.13. The molecule has 0 amide bonds. The van der Waals surface area contributed by atoms with E-state index in [0.717, 1.165) is 22.8 Å². The molecule has 1 aliphatic carbocycles. The van der Waals surface area contributed by atoms with Gasteiger partial charge in [0.2, 0.25) is 5.95 Å². The van der Waals surface area contributed by atoms with Crippen molar-refractivity contribution < 1.29 is 9.84 Å². The maximum Gasteiger partial charge on any atom is 0.224 e. The second kappa shape index (κ2) is 7.28. The van der Waals surface area contributed by atoms with Gasteiger partial charge in [0.1, 0.15) is 11.6 Å². The van der Waals surface area contributed by atoms with Crippen molar-refractivity contribution in [3.63, 3.8) is 0 Å². The van der Waals surface area contributed by atoms with Crippen LogP contribution in [0, 0.1) is 0 Å². The number of rotatable bonds is 8. The Morgan fingerprint density at radius 2 is 2.04 bits per heavy atom. The zero-order valence-electron chi connectivity index (χ0n) is 13.2. The number of nitrogens with zero attached hydrogens (tertiary/aromatic N) is 2. The van der Waals surface area contributed by atoms with Crippen LogP contribution < -0.4 is 15.4 Å². The largest absolute Gasteiger partial charge is 0.496 e. The lowest BCUT2D eigenvalue weighted by molar-refractivity contribution is 0.311. The molecule has 0 atom stereocenters. The van der Waals surface area contributed by atoms with E-state index in [4.69, 9.17) is 9.84 Å². The van der Waals surface area contributed by atoms with Gasteiger partial charge in [-0.2, -0.15) is 4.98 Å². The highest BCUT2D eigenvalue weighted by Gasteiger charge is 2.26. The summed E-state index contributed by atoms with van der Waals surface area (Å²) in [4.78, 5) is 8.99. The second-order valence-electron chi connectivity index (χ2n) is 5.59. The van der Waals surface area contributed by atoms with Gasteiger partial charge in [-0.25, -0.2) is 4.98 Å². The third-order valence-electron chi connectivity index (χ3n) is 3.79. The first-order valence-electron chi connectivity index (χ1n) is 7.89. The van der Waals surface area contributed by atoms with Crippen molar-refractivity contribution in [3.05, 3.63) is 41.6 Å². The van der Waals surface area contributed by atoms with Gasteiger partial charge in [-0.1, -0.05) is 18.2 Å². The summed E-state index contributed by atoms with van der Waals surface area (Å²) < 4.78 is 5.37. The molecule has 1 saturated carbocycles. The Morgan fingerprint density at radius 1 is 1.22 bits per heavy atom. The molecule has 0 spiro atoms. The van der Waals surface area contributed by atoms with Gasteiger partial charge in [0.05, 0.1) is 19.4 Å². The van der Waals surface area contributed by atoms with Crippen LogP contribution in [0.5, 0.6) is 5.75 Å².